The maximum Gasteiger partial charge on any atom is 0.410 e. The number of hydrogen-bond acceptors (Lipinski definition) is 5. The van der Waals surface area contributed by atoms with Gasteiger partial charge in [-0.2, -0.15) is 0 Å². The molecule has 2 amide bonds. The van der Waals surface area contributed by atoms with E-state index in [1.165, 1.54) is 11.8 Å². The SMILES string of the molecule is CSc1ncccc1C(=O)N1CCC2(CN(C)C(=O)O2)C1. The minimum absolute atomic E-state index is 0.0464. The predicted octanol–water partition coefficient (Wildman–Crippen LogP) is 1.47. The molecule has 21 heavy (non-hydrogen) atoms. The molecule has 1 spiro atoms. The lowest BCUT2D eigenvalue weighted by Gasteiger charge is -2.22. The molecule has 0 saturated carbocycles. The van der Waals surface area contributed by atoms with Crippen LogP contribution in [0.2, 0.25) is 0 Å². The summed E-state index contributed by atoms with van der Waals surface area (Å²) < 4.78 is 5.47. The maximum absolute atomic E-state index is 12.6. The fourth-order valence-corrected chi connectivity index (χ4v) is 3.45. The smallest absolute Gasteiger partial charge is 0.410 e. The summed E-state index contributed by atoms with van der Waals surface area (Å²) >= 11 is 1.45. The van der Waals surface area contributed by atoms with Gasteiger partial charge in [-0.25, -0.2) is 9.78 Å². The highest BCUT2D eigenvalue weighted by Crippen LogP contribution is 2.33. The van der Waals surface area contributed by atoms with E-state index in [0.717, 1.165) is 5.03 Å². The molecule has 1 unspecified atom stereocenters. The van der Waals surface area contributed by atoms with Crippen LogP contribution < -0.4 is 0 Å². The van der Waals surface area contributed by atoms with Gasteiger partial charge < -0.3 is 14.5 Å². The van der Waals surface area contributed by atoms with Crippen molar-refractivity contribution < 1.29 is 14.3 Å². The fraction of sp³-hybridized carbons (Fsp3) is 0.500. The first-order valence-electron chi connectivity index (χ1n) is 6.77. The van der Waals surface area contributed by atoms with E-state index in [2.05, 4.69) is 4.98 Å². The van der Waals surface area contributed by atoms with Gasteiger partial charge in [0.1, 0.15) is 5.03 Å². The molecule has 0 radical (unpaired) electrons. The molecule has 2 fully saturated rings. The Kier molecular flexibility index (Phi) is 3.52. The van der Waals surface area contributed by atoms with Gasteiger partial charge in [-0.15, -0.1) is 11.8 Å². The van der Waals surface area contributed by atoms with Gasteiger partial charge in [0, 0.05) is 26.2 Å². The number of ether oxygens (including phenoxy) is 1. The zero-order valence-electron chi connectivity index (χ0n) is 12.0. The molecule has 1 aromatic rings. The largest absolute Gasteiger partial charge is 0.439 e. The van der Waals surface area contributed by atoms with Crippen molar-refractivity contribution in [1.82, 2.24) is 14.8 Å². The van der Waals surface area contributed by atoms with Crippen LogP contribution in [0.4, 0.5) is 4.79 Å². The number of nitrogens with zero attached hydrogens (tertiary/aromatic N) is 3. The highest BCUT2D eigenvalue weighted by molar-refractivity contribution is 7.98. The number of pyridine rings is 1. The van der Waals surface area contributed by atoms with E-state index in [9.17, 15) is 9.59 Å². The third kappa shape index (κ3) is 2.46. The Bertz CT molecular complexity index is 595. The van der Waals surface area contributed by atoms with Crippen LogP contribution in [0.1, 0.15) is 16.8 Å². The van der Waals surface area contributed by atoms with E-state index in [0.29, 0.717) is 31.6 Å². The molecule has 6 nitrogen and oxygen atoms in total. The zero-order chi connectivity index (χ0) is 15.0. The van der Waals surface area contributed by atoms with Gasteiger partial charge in [-0.1, -0.05) is 0 Å². The first-order valence-corrected chi connectivity index (χ1v) is 7.99. The summed E-state index contributed by atoms with van der Waals surface area (Å²) in [7, 11) is 1.72. The molecule has 3 rings (SSSR count). The Morgan fingerprint density at radius 1 is 1.48 bits per heavy atom. The normalized spacial score (nSPS) is 24.8. The molecule has 0 aliphatic carbocycles. The first kappa shape index (κ1) is 14.2. The number of thioether (sulfide) groups is 1. The van der Waals surface area contributed by atoms with Crippen molar-refractivity contribution in [2.75, 3.05) is 32.9 Å². The quantitative estimate of drug-likeness (QED) is 0.774. The summed E-state index contributed by atoms with van der Waals surface area (Å²) in [4.78, 5) is 31.8. The molecule has 2 aliphatic rings. The van der Waals surface area contributed by atoms with Crippen LogP contribution in [0, 0.1) is 0 Å². The van der Waals surface area contributed by atoms with E-state index in [1.807, 2.05) is 6.26 Å². The highest BCUT2D eigenvalue weighted by atomic mass is 32.2. The average molecular weight is 307 g/mol. The Labute approximate surface area is 127 Å². The van der Waals surface area contributed by atoms with Crippen molar-refractivity contribution in [3.05, 3.63) is 23.9 Å². The van der Waals surface area contributed by atoms with Crippen LogP contribution in [0.3, 0.4) is 0 Å². The molecule has 1 aromatic heterocycles. The maximum atomic E-state index is 12.6. The Balaban J connectivity index is 1.77. The summed E-state index contributed by atoms with van der Waals surface area (Å²) in [5.74, 6) is -0.0464. The fourth-order valence-electron chi connectivity index (χ4n) is 2.91. The number of amides is 2. The molecular weight excluding hydrogens is 290 g/mol. The molecule has 2 aliphatic heterocycles. The lowest BCUT2D eigenvalue weighted by Crippen LogP contribution is -2.39. The minimum Gasteiger partial charge on any atom is -0.439 e. The summed E-state index contributed by atoms with van der Waals surface area (Å²) in [5, 5.41) is 0.726. The number of rotatable bonds is 2. The third-order valence-electron chi connectivity index (χ3n) is 3.94. The van der Waals surface area contributed by atoms with Gasteiger partial charge in [0.2, 0.25) is 0 Å². The van der Waals surface area contributed by atoms with Gasteiger partial charge in [0.25, 0.3) is 5.91 Å². The molecular formula is C14H17N3O3S. The summed E-state index contributed by atoms with van der Waals surface area (Å²) in [6.45, 7) is 1.59. The van der Waals surface area contributed by atoms with E-state index >= 15 is 0 Å². The first-order chi connectivity index (χ1) is 10.0. The van der Waals surface area contributed by atoms with E-state index in [-0.39, 0.29) is 12.0 Å². The molecule has 7 heteroatoms. The number of likely N-dealkylation sites (tertiary alicyclic amines) is 1. The predicted molar refractivity (Wildman–Crippen MR) is 78.4 cm³/mol. The molecule has 3 heterocycles. The van der Waals surface area contributed by atoms with Crippen LogP contribution in [0.25, 0.3) is 0 Å². The third-order valence-corrected chi connectivity index (χ3v) is 4.65. The number of hydrogen-bond donors (Lipinski definition) is 0. The lowest BCUT2D eigenvalue weighted by atomic mass is 10.0. The van der Waals surface area contributed by atoms with Crippen molar-refractivity contribution in [3.8, 4) is 0 Å². The topological polar surface area (TPSA) is 62.7 Å². The lowest BCUT2D eigenvalue weighted by molar-refractivity contribution is 0.0551. The number of carbonyl (C=O) groups is 2. The molecule has 112 valence electrons. The second-order valence-corrected chi connectivity index (χ2v) is 6.24. The van der Waals surface area contributed by atoms with Crippen molar-refractivity contribution in [2.45, 2.75) is 17.0 Å². The van der Waals surface area contributed by atoms with Crippen LogP contribution >= 0.6 is 11.8 Å². The van der Waals surface area contributed by atoms with Crippen LogP contribution in [-0.4, -0.2) is 65.3 Å². The Hall–Kier alpha value is -1.76. The van der Waals surface area contributed by atoms with Crippen LogP contribution in [0.5, 0.6) is 0 Å². The van der Waals surface area contributed by atoms with Crippen molar-refractivity contribution >= 4 is 23.8 Å². The summed E-state index contributed by atoms with van der Waals surface area (Å²) in [6.07, 6.45) is 3.96. The van der Waals surface area contributed by atoms with Crippen LogP contribution in [-0.2, 0) is 4.74 Å². The van der Waals surface area contributed by atoms with E-state index in [1.54, 1.807) is 35.2 Å². The summed E-state index contributed by atoms with van der Waals surface area (Å²) in [5.41, 5.74) is 0.0724. The van der Waals surface area contributed by atoms with Crippen molar-refractivity contribution in [3.63, 3.8) is 0 Å². The summed E-state index contributed by atoms with van der Waals surface area (Å²) in [6, 6.07) is 3.56. The Morgan fingerprint density at radius 2 is 2.29 bits per heavy atom. The average Bonchev–Trinajstić information content (AvgIpc) is 3.02. The monoisotopic (exact) mass is 307 g/mol. The number of carbonyl (C=O) groups excluding carboxylic acids is 2. The number of aromatic nitrogens is 1. The van der Waals surface area contributed by atoms with E-state index in [4.69, 9.17) is 4.74 Å². The second kappa shape index (κ2) is 5.22. The standard InChI is InChI=1S/C14H17N3O3S/c1-16-8-14(20-13(16)19)5-7-17(9-14)12(18)10-4-3-6-15-11(10)21-2/h3-4,6H,5,7-9H2,1-2H3. The van der Waals surface area contributed by atoms with Gasteiger partial charge >= 0.3 is 6.09 Å². The minimum atomic E-state index is -0.538. The number of likely N-dealkylation sites (N-methyl/N-ethyl adjacent to an activating group) is 1. The molecule has 1 atom stereocenters. The second-order valence-electron chi connectivity index (χ2n) is 5.44. The van der Waals surface area contributed by atoms with E-state index < -0.39 is 5.60 Å². The van der Waals surface area contributed by atoms with Gasteiger partial charge in [-0.3, -0.25) is 4.79 Å². The Morgan fingerprint density at radius 3 is 2.95 bits per heavy atom. The van der Waals surface area contributed by atoms with Crippen LogP contribution in [0.15, 0.2) is 23.4 Å². The molecule has 0 bridgehead atoms. The highest BCUT2D eigenvalue weighted by Gasteiger charge is 2.49. The molecule has 0 aromatic carbocycles. The van der Waals surface area contributed by atoms with Crippen molar-refractivity contribution in [1.29, 1.82) is 0 Å². The molecule has 2 saturated heterocycles. The zero-order valence-corrected chi connectivity index (χ0v) is 12.9. The van der Waals surface area contributed by atoms with Gasteiger partial charge in [-0.05, 0) is 18.4 Å². The van der Waals surface area contributed by atoms with Gasteiger partial charge in [0.15, 0.2) is 5.60 Å². The van der Waals surface area contributed by atoms with Crippen molar-refractivity contribution in [2.24, 2.45) is 0 Å². The van der Waals surface area contributed by atoms with Gasteiger partial charge in [0.05, 0.1) is 18.7 Å². The molecule has 0 N–H and O–H groups in total.